The minimum absolute atomic E-state index is 0.597. The number of hydrogen-bond donors (Lipinski definition) is 0. The van der Waals surface area contributed by atoms with Crippen molar-refractivity contribution in [2.24, 2.45) is 0 Å². The molecule has 0 atom stereocenters. The zero-order valence-electron chi connectivity index (χ0n) is 21.6. The summed E-state index contributed by atoms with van der Waals surface area (Å²) in [6.45, 7) is 0. The van der Waals surface area contributed by atoms with Crippen LogP contribution in [-0.4, -0.2) is 15.0 Å². The summed E-state index contributed by atoms with van der Waals surface area (Å²) >= 11 is 6.72. The Kier molecular flexibility index (Phi) is 6.27. The molecule has 0 spiro atoms. The Bertz CT molecular complexity index is 1930. The highest BCUT2D eigenvalue weighted by Gasteiger charge is 2.14. The summed E-state index contributed by atoms with van der Waals surface area (Å²) in [5, 5.41) is 5.66. The van der Waals surface area contributed by atoms with Crippen molar-refractivity contribution >= 4 is 33.1 Å². The summed E-state index contributed by atoms with van der Waals surface area (Å²) in [5.41, 5.74) is 5.10. The fraction of sp³-hybridized carbons (Fsp3) is 0.0278. The van der Waals surface area contributed by atoms with Crippen LogP contribution in [-0.2, 0) is 6.42 Å². The number of benzene rings is 6. The molecule has 4 heteroatoms. The molecule has 0 radical (unpaired) electrons. The van der Waals surface area contributed by atoms with Gasteiger partial charge in [-0.1, -0.05) is 127 Å². The lowest BCUT2D eigenvalue weighted by Gasteiger charge is -2.13. The molecule has 1 aromatic heterocycles. The van der Waals surface area contributed by atoms with E-state index in [1.807, 2.05) is 72.8 Å². The molecule has 0 unspecified atom stereocenters. The molecule has 0 aliphatic rings. The molecule has 40 heavy (non-hydrogen) atoms. The maximum atomic E-state index is 6.72. The predicted octanol–water partition coefficient (Wildman–Crippen LogP) is 9.42. The molecule has 0 fully saturated rings. The molecule has 0 aliphatic heterocycles. The van der Waals surface area contributed by atoms with Crippen molar-refractivity contribution in [1.82, 2.24) is 15.0 Å². The molecular weight excluding hydrogens is 510 g/mol. The van der Waals surface area contributed by atoms with Gasteiger partial charge in [-0.3, -0.25) is 0 Å². The monoisotopic (exact) mass is 533 g/mol. The first-order valence-corrected chi connectivity index (χ1v) is 13.7. The van der Waals surface area contributed by atoms with Crippen LogP contribution in [0.2, 0.25) is 5.02 Å². The average Bonchev–Trinajstić information content (AvgIpc) is 3.01. The third-order valence-electron chi connectivity index (χ3n) is 7.16. The SMILES string of the molecule is Clc1cc(Cc2cc3ccccc3c3ccccc23)cc(-c2nc(-c3ccccc3)nc(-c3ccccc3)n2)c1. The van der Waals surface area contributed by atoms with Crippen molar-refractivity contribution in [1.29, 1.82) is 0 Å². The van der Waals surface area contributed by atoms with Crippen LogP contribution in [0.4, 0.5) is 0 Å². The molecule has 0 N–H and O–H groups in total. The highest BCUT2D eigenvalue weighted by atomic mass is 35.5. The molecule has 0 saturated carbocycles. The van der Waals surface area contributed by atoms with Crippen LogP contribution in [0.5, 0.6) is 0 Å². The van der Waals surface area contributed by atoms with E-state index in [4.69, 9.17) is 26.6 Å². The Hall–Kier alpha value is -4.86. The normalized spacial score (nSPS) is 11.2. The number of aromatic nitrogens is 3. The van der Waals surface area contributed by atoms with Gasteiger partial charge in [0.25, 0.3) is 0 Å². The van der Waals surface area contributed by atoms with E-state index in [-0.39, 0.29) is 0 Å². The maximum Gasteiger partial charge on any atom is 0.164 e. The standard InChI is InChI=1S/C36H24ClN3/c37-30-21-24(19-28-22-27-15-7-8-16-31(27)33-18-10-9-17-32(28)33)20-29(23-30)36-39-34(25-11-3-1-4-12-25)38-35(40-36)26-13-5-2-6-14-26/h1-18,20-23H,19H2. The topological polar surface area (TPSA) is 38.7 Å². The average molecular weight is 534 g/mol. The summed E-state index contributed by atoms with van der Waals surface area (Å²) in [7, 11) is 0. The zero-order valence-corrected chi connectivity index (χ0v) is 22.4. The lowest BCUT2D eigenvalue weighted by molar-refractivity contribution is 1.07. The van der Waals surface area contributed by atoms with Gasteiger partial charge in [0.05, 0.1) is 0 Å². The minimum atomic E-state index is 0.597. The van der Waals surface area contributed by atoms with E-state index in [0.29, 0.717) is 22.5 Å². The Morgan fingerprint density at radius 2 is 0.975 bits per heavy atom. The van der Waals surface area contributed by atoms with Gasteiger partial charge in [-0.25, -0.2) is 15.0 Å². The molecule has 7 rings (SSSR count). The van der Waals surface area contributed by atoms with Gasteiger partial charge in [0.1, 0.15) is 0 Å². The first kappa shape index (κ1) is 24.2. The van der Waals surface area contributed by atoms with E-state index in [2.05, 4.69) is 60.7 Å². The summed E-state index contributed by atoms with van der Waals surface area (Å²) in [6, 6.07) is 45.6. The van der Waals surface area contributed by atoms with Crippen molar-refractivity contribution in [3.8, 4) is 34.2 Å². The minimum Gasteiger partial charge on any atom is -0.208 e. The first-order chi connectivity index (χ1) is 19.7. The molecule has 6 aromatic carbocycles. The second-order valence-electron chi connectivity index (χ2n) is 9.87. The predicted molar refractivity (Wildman–Crippen MR) is 165 cm³/mol. The second-order valence-corrected chi connectivity index (χ2v) is 10.3. The van der Waals surface area contributed by atoms with E-state index in [0.717, 1.165) is 28.7 Å². The lowest BCUT2D eigenvalue weighted by Crippen LogP contribution is -2.01. The van der Waals surface area contributed by atoms with Gasteiger partial charge in [-0.05, 0) is 57.3 Å². The summed E-state index contributed by atoms with van der Waals surface area (Å²) in [4.78, 5) is 14.6. The molecule has 0 bridgehead atoms. The Morgan fingerprint density at radius 1 is 0.450 bits per heavy atom. The summed E-state index contributed by atoms with van der Waals surface area (Å²) in [6.07, 6.45) is 0.737. The fourth-order valence-electron chi connectivity index (χ4n) is 5.32. The highest BCUT2D eigenvalue weighted by molar-refractivity contribution is 6.31. The van der Waals surface area contributed by atoms with Gasteiger partial charge >= 0.3 is 0 Å². The maximum absolute atomic E-state index is 6.72. The molecule has 190 valence electrons. The van der Waals surface area contributed by atoms with Gasteiger partial charge in [0.15, 0.2) is 17.5 Å². The van der Waals surface area contributed by atoms with E-state index in [1.165, 1.54) is 27.1 Å². The van der Waals surface area contributed by atoms with E-state index in [9.17, 15) is 0 Å². The Morgan fingerprint density at radius 3 is 1.62 bits per heavy atom. The number of hydrogen-bond acceptors (Lipinski definition) is 3. The molecular formula is C36H24ClN3. The van der Waals surface area contributed by atoms with Crippen LogP contribution in [0, 0.1) is 0 Å². The summed E-state index contributed by atoms with van der Waals surface area (Å²) < 4.78 is 0. The number of nitrogens with zero attached hydrogens (tertiary/aromatic N) is 3. The molecule has 1 heterocycles. The van der Waals surface area contributed by atoms with Crippen LogP contribution in [0.25, 0.3) is 55.7 Å². The van der Waals surface area contributed by atoms with Crippen LogP contribution >= 0.6 is 11.6 Å². The Balaban J connectivity index is 1.36. The summed E-state index contributed by atoms with van der Waals surface area (Å²) in [5.74, 6) is 1.86. The van der Waals surface area contributed by atoms with E-state index < -0.39 is 0 Å². The molecule has 0 aliphatic carbocycles. The molecule has 0 saturated heterocycles. The Labute approximate surface area is 237 Å². The second kappa shape index (κ2) is 10.4. The first-order valence-electron chi connectivity index (χ1n) is 13.3. The van der Waals surface area contributed by atoms with Crippen molar-refractivity contribution < 1.29 is 0 Å². The van der Waals surface area contributed by atoms with Crippen molar-refractivity contribution in [2.45, 2.75) is 6.42 Å². The number of halogens is 1. The fourth-order valence-corrected chi connectivity index (χ4v) is 5.57. The van der Waals surface area contributed by atoms with Crippen LogP contribution in [0.3, 0.4) is 0 Å². The van der Waals surface area contributed by atoms with Crippen molar-refractivity contribution in [2.75, 3.05) is 0 Å². The van der Waals surface area contributed by atoms with Crippen molar-refractivity contribution in [3.05, 3.63) is 150 Å². The van der Waals surface area contributed by atoms with Gasteiger partial charge in [0, 0.05) is 21.7 Å². The smallest absolute Gasteiger partial charge is 0.164 e. The van der Waals surface area contributed by atoms with Crippen molar-refractivity contribution in [3.63, 3.8) is 0 Å². The van der Waals surface area contributed by atoms with Gasteiger partial charge < -0.3 is 0 Å². The lowest BCUT2D eigenvalue weighted by atomic mass is 9.93. The molecule has 7 aromatic rings. The zero-order chi connectivity index (χ0) is 26.9. The third-order valence-corrected chi connectivity index (χ3v) is 7.38. The van der Waals surface area contributed by atoms with Gasteiger partial charge in [-0.2, -0.15) is 0 Å². The van der Waals surface area contributed by atoms with Crippen LogP contribution in [0.15, 0.2) is 133 Å². The number of rotatable bonds is 5. The molecule has 3 nitrogen and oxygen atoms in total. The van der Waals surface area contributed by atoms with E-state index in [1.54, 1.807) is 0 Å². The largest absolute Gasteiger partial charge is 0.208 e. The quantitative estimate of drug-likeness (QED) is 0.207. The van der Waals surface area contributed by atoms with Gasteiger partial charge in [0.2, 0.25) is 0 Å². The van der Waals surface area contributed by atoms with Crippen LogP contribution in [0.1, 0.15) is 11.1 Å². The molecule has 0 amide bonds. The number of fused-ring (bicyclic) bond motifs is 3. The highest BCUT2D eigenvalue weighted by Crippen LogP contribution is 2.32. The third kappa shape index (κ3) is 4.72. The van der Waals surface area contributed by atoms with E-state index >= 15 is 0 Å². The van der Waals surface area contributed by atoms with Gasteiger partial charge in [-0.15, -0.1) is 0 Å². The van der Waals surface area contributed by atoms with Crippen LogP contribution < -0.4 is 0 Å².